The zero-order chi connectivity index (χ0) is 29.9. The molecule has 21 heteroatoms. The fourth-order valence-corrected chi connectivity index (χ4v) is 7.76. The molecule has 0 aliphatic carbocycles. The van der Waals surface area contributed by atoms with E-state index in [4.69, 9.17) is 25.5 Å². The monoisotopic (exact) mass is 630 g/mol. The fraction of sp³-hybridized carbons (Fsp3) is 0.524. The van der Waals surface area contributed by atoms with Gasteiger partial charge in [-0.25, -0.2) is 28.7 Å². The van der Waals surface area contributed by atoms with Crippen molar-refractivity contribution < 1.29 is 37.6 Å². The Hall–Kier alpha value is -3.26. The highest BCUT2D eigenvalue weighted by molar-refractivity contribution is 8.46. The number of hydrogen-bond donors (Lipinski definition) is 6. The molecule has 0 bridgehead atoms. The number of imidazole rings is 2. The minimum Gasteiger partial charge on any atom is -0.394 e. The molecule has 2 fully saturated rings. The van der Waals surface area contributed by atoms with E-state index in [2.05, 4.69) is 42.2 Å². The van der Waals surface area contributed by atoms with Crippen LogP contribution in [-0.2, 0) is 18.6 Å². The van der Waals surface area contributed by atoms with Crippen LogP contribution in [0.3, 0.4) is 0 Å². The van der Waals surface area contributed by atoms with Crippen LogP contribution >= 0.6 is 18.8 Å². The number of alkyl halides is 2. The number of ether oxygens (including phenoxy) is 2. The zero-order valence-corrected chi connectivity index (χ0v) is 23.1. The minimum atomic E-state index is -4.23. The fourth-order valence-electron chi connectivity index (χ4n) is 5.16. The molecule has 0 aromatic carbocycles. The minimum absolute atomic E-state index is 0.0769. The van der Waals surface area contributed by atoms with Gasteiger partial charge in [-0.15, -0.1) is 0 Å². The average Bonchev–Trinajstić information content (AvgIpc) is 3.70. The maximum absolute atomic E-state index is 15.5. The molecule has 1 unspecified atom stereocenters. The first-order valence-electron chi connectivity index (χ1n) is 12.5. The Morgan fingerprint density at radius 3 is 2.48 bits per heavy atom. The number of H-pyrrole nitrogens is 1. The Bertz CT molecular complexity index is 1740. The molecule has 6 rings (SSSR count). The van der Waals surface area contributed by atoms with E-state index in [0.29, 0.717) is 0 Å². The number of hydrogen-bond acceptors (Lipinski definition) is 14. The molecule has 0 amide bonds. The van der Waals surface area contributed by atoms with Crippen molar-refractivity contribution in [1.29, 1.82) is 0 Å². The van der Waals surface area contributed by atoms with Gasteiger partial charge >= 0.3 is 0 Å². The zero-order valence-electron chi connectivity index (χ0n) is 21.3. The normalized spacial score (nSPS) is 31.3. The summed E-state index contributed by atoms with van der Waals surface area (Å²) in [5, 5.41) is 20.2. The first kappa shape index (κ1) is 28.8. The van der Waals surface area contributed by atoms with Crippen molar-refractivity contribution in [3.05, 3.63) is 29.3 Å². The second-order valence-electron chi connectivity index (χ2n) is 9.73. The molecule has 2 saturated heterocycles. The van der Waals surface area contributed by atoms with Gasteiger partial charge in [0.2, 0.25) is 5.95 Å². The second kappa shape index (κ2) is 10.8. The molecule has 226 valence electrons. The van der Waals surface area contributed by atoms with Gasteiger partial charge in [-0.05, 0) is 0 Å². The topological polar surface area (TPSA) is 244 Å². The maximum atomic E-state index is 15.5. The van der Waals surface area contributed by atoms with E-state index in [1.54, 1.807) is 0 Å². The number of aromatic nitrogens is 8. The van der Waals surface area contributed by atoms with E-state index < -0.39 is 74.1 Å². The standard InChI is InChI=1S/C21H25F2N10O7PS/c22-9-8(3-34)40-20(33-6-29-12-17(33)30-21(25)31-18(12)36)14(9)41(37,42)38-2-1-7-13(35)10(23)19(39-7)32-5-28-11-15(24)26-4-27-16(11)32/h4-10,13-14,19-20,34-35H,1-3H2,(H,37,42)(H2,24,26,27)(H3,25,30,31,36)/t7-,8-,9-,10+,13-,14-,19-,20-,41?/m1/s1. The molecule has 0 radical (unpaired) electrons. The molecular weight excluding hydrogens is 605 g/mol. The number of aliphatic hydroxyl groups excluding tert-OH is 2. The molecule has 9 atom stereocenters. The molecule has 42 heavy (non-hydrogen) atoms. The van der Waals surface area contributed by atoms with Crippen molar-refractivity contribution in [3.63, 3.8) is 0 Å². The Labute approximate surface area is 238 Å². The molecule has 4 aromatic heterocycles. The lowest BCUT2D eigenvalue weighted by atomic mass is 10.1. The molecule has 0 saturated carbocycles. The van der Waals surface area contributed by atoms with Crippen LogP contribution in [-0.4, -0.2) is 98.8 Å². The highest BCUT2D eigenvalue weighted by Gasteiger charge is 2.55. The van der Waals surface area contributed by atoms with Crippen molar-refractivity contribution in [2.75, 3.05) is 24.7 Å². The molecular formula is C21H25F2N10O7PS. The largest absolute Gasteiger partial charge is 0.394 e. The number of nitrogen functional groups attached to an aromatic ring is 2. The summed E-state index contributed by atoms with van der Waals surface area (Å²) < 4.78 is 63.6. The second-order valence-corrected chi connectivity index (χ2v) is 13.4. The van der Waals surface area contributed by atoms with Crippen LogP contribution in [0.4, 0.5) is 20.5 Å². The van der Waals surface area contributed by atoms with Crippen LogP contribution in [0.15, 0.2) is 23.8 Å². The van der Waals surface area contributed by atoms with E-state index in [9.17, 15) is 19.6 Å². The van der Waals surface area contributed by atoms with Gasteiger partial charge < -0.3 is 35.7 Å². The number of rotatable bonds is 8. The smallest absolute Gasteiger partial charge is 0.280 e. The SMILES string of the molecule is Nc1nc2c(ncn2[C@@H]2O[C@H](CO)[C@@H](F)[C@H]2P(=O)(S)OCC[C@H]2O[C@@H](n3cnc4c(N)ncnc43)[C@@H](F)[C@@H]2O)c(=O)[nH]1. The number of nitrogens with zero attached hydrogens (tertiary/aromatic N) is 7. The third kappa shape index (κ3) is 4.72. The molecule has 6 heterocycles. The van der Waals surface area contributed by atoms with E-state index in [1.165, 1.54) is 17.2 Å². The summed E-state index contributed by atoms with van der Waals surface area (Å²) in [6.45, 7) is -5.38. The van der Waals surface area contributed by atoms with Gasteiger partial charge in [-0.3, -0.25) is 23.5 Å². The molecule has 0 spiro atoms. The molecule has 2 aliphatic heterocycles. The lowest BCUT2D eigenvalue weighted by Crippen LogP contribution is -2.31. The number of nitrogens with two attached hydrogens (primary N) is 2. The third-order valence-corrected chi connectivity index (χ3v) is 10.2. The summed E-state index contributed by atoms with van der Waals surface area (Å²) in [6, 6.07) is 0. The van der Waals surface area contributed by atoms with E-state index in [0.717, 1.165) is 10.9 Å². The number of halogens is 2. The van der Waals surface area contributed by atoms with Gasteiger partial charge in [0.15, 0.2) is 41.3 Å². The van der Waals surface area contributed by atoms with E-state index >= 15 is 8.78 Å². The lowest BCUT2D eigenvalue weighted by molar-refractivity contribution is -0.0330. The number of thiol groups is 1. The van der Waals surface area contributed by atoms with Crippen LogP contribution in [0.5, 0.6) is 0 Å². The van der Waals surface area contributed by atoms with E-state index in [-0.39, 0.29) is 40.5 Å². The molecule has 17 nitrogen and oxygen atoms in total. The number of aliphatic hydroxyl groups is 2. The van der Waals surface area contributed by atoms with Crippen molar-refractivity contribution >= 4 is 52.9 Å². The van der Waals surface area contributed by atoms with Crippen LogP contribution in [0.1, 0.15) is 18.9 Å². The number of anilines is 2. The first-order chi connectivity index (χ1) is 20.0. The average molecular weight is 631 g/mol. The highest BCUT2D eigenvalue weighted by Crippen LogP contribution is 2.64. The summed E-state index contributed by atoms with van der Waals surface area (Å²) in [6.07, 6.45) is -7.33. The van der Waals surface area contributed by atoms with Crippen molar-refractivity contribution in [3.8, 4) is 0 Å². The van der Waals surface area contributed by atoms with Crippen LogP contribution in [0.2, 0.25) is 0 Å². The third-order valence-electron chi connectivity index (χ3n) is 7.20. The highest BCUT2D eigenvalue weighted by atomic mass is 32.7. The van der Waals surface area contributed by atoms with Gasteiger partial charge in [-0.1, -0.05) is 12.2 Å². The Kier molecular flexibility index (Phi) is 7.40. The Balaban J connectivity index is 1.19. The molecule has 4 aromatic rings. The van der Waals surface area contributed by atoms with Crippen molar-refractivity contribution in [1.82, 2.24) is 39.0 Å². The number of fused-ring (bicyclic) bond motifs is 2. The lowest BCUT2D eigenvalue weighted by Gasteiger charge is -2.26. The Morgan fingerprint density at radius 2 is 1.74 bits per heavy atom. The van der Waals surface area contributed by atoms with Gasteiger partial charge in [0.05, 0.1) is 32.0 Å². The van der Waals surface area contributed by atoms with Crippen LogP contribution < -0.4 is 17.0 Å². The van der Waals surface area contributed by atoms with Gasteiger partial charge in [0.1, 0.15) is 35.9 Å². The summed E-state index contributed by atoms with van der Waals surface area (Å²) in [5.74, 6) is -0.162. The number of nitrogens with one attached hydrogen (secondary N) is 1. The molecule has 7 N–H and O–H groups in total. The summed E-state index contributed by atoms with van der Waals surface area (Å²) in [4.78, 5) is 34.4. The van der Waals surface area contributed by atoms with Crippen LogP contribution in [0.25, 0.3) is 22.3 Å². The van der Waals surface area contributed by atoms with Gasteiger partial charge in [0, 0.05) is 6.42 Å². The van der Waals surface area contributed by atoms with Crippen molar-refractivity contribution in [2.45, 2.75) is 55.2 Å². The van der Waals surface area contributed by atoms with E-state index in [1.807, 2.05) is 0 Å². The quantitative estimate of drug-likeness (QED) is 0.110. The maximum Gasteiger partial charge on any atom is 0.280 e. The van der Waals surface area contributed by atoms with Gasteiger partial charge in [-0.2, -0.15) is 4.98 Å². The predicted octanol–water partition coefficient (Wildman–Crippen LogP) is -0.154. The summed E-state index contributed by atoms with van der Waals surface area (Å²) >= 11 is 4.15. The summed E-state index contributed by atoms with van der Waals surface area (Å²) in [5.41, 5.74) is 9.40. The predicted molar refractivity (Wildman–Crippen MR) is 144 cm³/mol. The summed E-state index contributed by atoms with van der Waals surface area (Å²) in [7, 11) is 0. The number of aromatic amines is 1. The molecule has 2 aliphatic rings. The van der Waals surface area contributed by atoms with Crippen LogP contribution in [0, 0.1) is 0 Å². The Morgan fingerprint density at radius 1 is 1.05 bits per heavy atom. The van der Waals surface area contributed by atoms with Gasteiger partial charge in [0.25, 0.3) is 12.1 Å². The van der Waals surface area contributed by atoms with Crippen molar-refractivity contribution in [2.24, 2.45) is 0 Å². The first-order valence-corrected chi connectivity index (χ1v) is 15.4.